The molecule has 0 atom stereocenters. The second-order valence-electron chi connectivity index (χ2n) is 0.268. The van der Waals surface area contributed by atoms with Gasteiger partial charge in [0.25, 0.3) is 0 Å². The van der Waals surface area contributed by atoms with Crippen LogP contribution in [0, 0.1) is 0 Å². The van der Waals surface area contributed by atoms with E-state index in [2.05, 4.69) is 0 Å². The third-order valence-electron chi connectivity index (χ3n) is 0. The van der Waals surface area contributed by atoms with Crippen molar-refractivity contribution >= 4 is 57.5 Å². The molecule has 7 heteroatoms. The van der Waals surface area contributed by atoms with Gasteiger partial charge in [-0.25, -0.2) is 0 Å². The summed E-state index contributed by atoms with van der Waals surface area (Å²) in [5.74, 6) is 0. The normalized spacial score (nSPS) is 5.14. The Kier molecular flexibility index (Phi) is 51.9. The van der Waals surface area contributed by atoms with Crippen LogP contribution < -0.4 is 0 Å². The summed E-state index contributed by atoms with van der Waals surface area (Å²) in [7, 11) is -2.62. The van der Waals surface area contributed by atoms with Crippen molar-refractivity contribution in [1.29, 1.82) is 0 Å². The van der Waals surface area contributed by atoms with E-state index in [4.69, 9.17) is 14.7 Å². The summed E-state index contributed by atoms with van der Waals surface area (Å²) in [6.45, 7) is 0. The first-order chi connectivity index (χ1) is 1.73. The molecule has 0 radical (unpaired) electrons. The molecule has 0 aliphatic carbocycles. The molecule has 0 aromatic heterocycles. The Morgan fingerprint density at radius 3 is 1.00 bits per heavy atom. The van der Waals surface area contributed by atoms with Crippen LogP contribution in [0.5, 0.6) is 0 Å². The second kappa shape index (κ2) is 16.2. The third-order valence-corrected chi connectivity index (χ3v) is 0. The molecule has 0 saturated heterocycles. The maximum absolute atomic E-state index is 7.23. The zero-order chi connectivity index (χ0) is 3.58. The fourth-order valence-electron chi connectivity index (χ4n) is 0. The minimum atomic E-state index is -2.62. The van der Waals surface area contributed by atoms with Crippen LogP contribution in [0.1, 0.15) is 0 Å². The molecule has 0 spiro atoms. The minimum Gasteiger partial charge on any atom is 0 e. The molecule has 0 rings (SSSR count). The predicted octanol–water partition coefficient (Wildman–Crippen LogP) is -1.73. The summed E-state index contributed by atoms with van der Waals surface area (Å²) in [4.78, 5) is 21.7. The predicted molar refractivity (Wildman–Crippen MR) is 22.1 cm³/mol. The molecule has 0 unspecified atom stereocenters. The van der Waals surface area contributed by atoms with Crippen molar-refractivity contribution < 1.29 is 61.5 Å². The van der Waals surface area contributed by atoms with Gasteiger partial charge < -0.3 is 14.7 Å². The molecule has 0 bridgehead atoms. The Hall–Kier alpha value is 3.43. The Balaban J connectivity index is -0.0000000150. The molecule has 0 fully saturated rings. The van der Waals surface area contributed by atoms with Crippen LogP contribution in [0.3, 0.4) is 0 Å². The largest absolute Gasteiger partial charge is 0 e. The van der Waals surface area contributed by atoms with Crippen molar-refractivity contribution in [2.45, 2.75) is 0 Å². The molecule has 0 aliphatic rings. The van der Waals surface area contributed by atoms with Gasteiger partial charge in [-0.15, -0.1) is 0 Å². The van der Waals surface area contributed by atoms with Crippen molar-refractivity contribution in [3.8, 4) is 0 Å². The van der Waals surface area contributed by atoms with E-state index in [1.54, 1.807) is 0 Å². The molecule has 0 amide bonds. The van der Waals surface area contributed by atoms with E-state index in [0.717, 1.165) is 0 Å². The van der Waals surface area contributed by atoms with Crippen LogP contribution in [-0.4, -0.2) is 63.6 Å². The van der Waals surface area contributed by atoms with Crippen molar-refractivity contribution in [3.63, 3.8) is 0 Å². The van der Waals surface area contributed by atoms with Gasteiger partial charge in [-0.3, -0.25) is 0 Å². The Labute approximate surface area is 116 Å². The molecule has 7 heavy (non-hydrogen) atoms. The molecule has 0 heterocycles. The van der Waals surface area contributed by atoms with Crippen molar-refractivity contribution in [2.24, 2.45) is 0 Å². The van der Waals surface area contributed by atoms with E-state index in [0.29, 0.717) is 0 Å². The van der Waals surface area contributed by atoms with E-state index in [9.17, 15) is 0 Å². The van der Waals surface area contributed by atoms with Crippen LogP contribution in [-0.2, 0) is 46.8 Å². The molecule has 0 saturated carbocycles. The van der Waals surface area contributed by atoms with Crippen LogP contribution >= 0.6 is 8.60 Å². The summed E-state index contributed by atoms with van der Waals surface area (Å²) in [5.41, 5.74) is 0. The Morgan fingerprint density at radius 2 is 1.00 bits per heavy atom. The van der Waals surface area contributed by atoms with Crippen LogP contribution in [0.4, 0.5) is 0 Å². The number of hydrogen-bond donors (Lipinski definition) is 3. The van der Waals surface area contributed by atoms with E-state index >= 15 is 0 Å². The molecule has 0 aliphatic heterocycles. The zero-order valence-corrected chi connectivity index (χ0v) is 11.1. The second-order valence-corrected chi connectivity index (χ2v) is 0.805. The zero-order valence-electron chi connectivity index (χ0n) is 3.20. The molecular weight excluding hydrogens is 394 g/mol. The summed E-state index contributed by atoms with van der Waals surface area (Å²) >= 11 is 0. The average Bonchev–Trinajstić information content (AvgIpc) is 0.811. The third kappa shape index (κ3) is 44.3. The minimum absolute atomic E-state index is 0. The number of rotatable bonds is 0. The first kappa shape index (κ1) is 22.4. The van der Waals surface area contributed by atoms with Crippen LogP contribution in [0.2, 0.25) is 0 Å². The standard InChI is InChI=1S/Ba.Cd.H3O3P.Zn.2H/c;;1-4(2)3;;;/h;;1-3H;;;. The van der Waals surface area contributed by atoms with E-state index in [-0.39, 0.29) is 95.7 Å². The Morgan fingerprint density at radius 1 is 1.00 bits per heavy atom. The van der Waals surface area contributed by atoms with Crippen LogP contribution in [0.15, 0.2) is 0 Å². The first-order valence-corrected chi connectivity index (χ1v) is 1.80. The molecule has 0 aromatic carbocycles. The SMILES string of the molecule is OP(O)O.[BaH2].[Cd].[Zn]. The topological polar surface area (TPSA) is 60.7 Å². The smallest absolute Gasteiger partial charge is 0 e. The van der Waals surface area contributed by atoms with Gasteiger partial charge in [0.05, 0.1) is 0 Å². The Bertz CT molecular complexity index is 19.7. The van der Waals surface area contributed by atoms with Gasteiger partial charge in [-0.1, -0.05) is 0 Å². The van der Waals surface area contributed by atoms with Crippen molar-refractivity contribution in [2.75, 3.05) is 0 Å². The molecule has 0 aromatic rings. The van der Waals surface area contributed by atoms with Gasteiger partial charge in [-0.05, 0) is 0 Å². The van der Waals surface area contributed by atoms with Crippen molar-refractivity contribution in [3.05, 3.63) is 0 Å². The number of hydrogen-bond acceptors (Lipinski definition) is 3. The molecule has 34 valence electrons. The van der Waals surface area contributed by atoms with Crippen LogP contribution in [0.25, 0.3) is 0 Å². The monoisotopic (exact) mass is 400 g/mol. The first-order valence-electron chi connectivity index (χ1n) is 0.600. The fourth-order valence-corrected chi connectivity index (χ4v) is 0. The van der Waals surface area contributed by atoms with Crippen molar-refractivity contribution in [1.82, 2.24) is 0 Å². The van der Waals surface area contributed by atoms with E-state index in [1.807, 2.05) is 0 Å². The van der Waals surface area contributed by atoms with Gasteiger partial charge in [0.15, 0.2) is 0 Å². The fraction of sp³-hybridized carbons (Fsp3) is 0. The molecule has 3 nitrogen and oxygen atoms in total. The maximum Gasteiger partial charge on any atom is 0 e. The summed E-state index contributed by atoms with van der Waals surface area (Å²) < 4.78 is 0. The quantitative estimate of drug-likeness (QED) is 0.335. The van der Waals surface area contributed by atoms with Gasteiger partial charge >= 0.3 is 57.5 Å². The van der Waals surface area contributed by atoms with Gasteiger partial charge in [0.2, 0.25) is 0 Å². The van der Waals surface area contributed by atoms with E-state index in [1.165, 1.54) is 0 Å². The summed E-state index contributed by atoms with van der Waals surface area (Å²) in [6, 6.07) is 0. The average molecular weight is 399 g/mol. The van der Waals surface area contributed by atoms with Gasteiger partial charge in [-0.2, -0.15) is 0 Å². The molecule has 3 N–H and O–H groups in total. The maximum atomic E-state index is 7.23. The van der Waals surface area contributed by atoms with E-state index < -0.39 is 8.60 Å². The van der Waals surface area contributed by atoms with Gasteiger partial charge in [0.1, 0.15) is 0 Å². The summed E-state index contributed by atoms with van der Waals surface area (Å²) in [5, 5.41) is 0. The summed E-state index contributed by atoms with van der Waals surface area (Å²) in [6.07, 6.45) is 0. The van der Waals surface area contributed by atoms with Gasteiger partial charge in [0, 0.05) is 46.8 Å². The molecular formula is H5BaCdO3PZn.